The van der Waals surface area contributed by atoms with Crippen molar-refractivity contribution in [3.05, 3.63) is 0 Å². The number of rotatable bonds is 2. The van der Waals surface area contributed by atoms with E-state index < -0.39 is 0 Å². The van der Waals surface area contributed by atoms with Crippen LogP contribution in [0.2, 0.25) is 0 Å². The number of fused-ring (bicyclic) bond motifs is 2. The van der Waals surface area contributed by atoms with Crippen molar-refractivity contribution >= 4 is 17.9 Å². The van der Waals surface area contributed by atoms with Crippen LogP contribution in [0.25, 0.3) is 0 Å². The van der Waals surface area contributed by atoms with Crippen LogP contribution in [0.3, 0.4) is 0 Å². The van der Waals surface area contributed by atoms with E-state index in [-0.39, 0.29) is 54.0 Å². The molecule has 4 aliphatic heterocycles. The molecule has 4 unspecified atom stereocenters. The molecule has 0 spiro atoms. The second-order valence-electron chi connectivity index (χ2n) is 8.71. The van der Waals surface area contributed by atoms with Crippen molar-refractivity contribution in [1.29, 1.82) is 0 Å². The molecule has 0 aromatic heterocycles. The van der Waals surface area contributed by atoms with Crippen molar-refractivity contribution in [1.82, 2.24) is 20.4 Å². The maximum atomic E-state index is 13.3. The smallest absolute Gasteiger partial charge is 0.410 e. The Morgan fingerprint density at radius 2 is 1.96 bits per heavy atom. The SMILES string of the molecule is O=C1CC(C(=O)N2CCC(N3C(=O)O[C@H]4CNC[C@H]43)C2)C2CCCCC2N1. The first-order chi connectivity index (χ1) is 13.1. The van der Waals surface area contributed by atoms with Crippen molar-refractivity contribution < 1.29 is 19.1 Å². The van der Waals surface area contributed by atoms with Gasteiger partial charge in [-0.25, -0.2) is 4.79 Å². The van der Waals surface area contributed by atoms with E-state index in [2.05, 4.69) is 10.6 Å². The van der Waals surface area contributed by atoms with Crippen LogP contribution >= 0.6 is 0 Å². The molecule has 5 aliphatic rings. The van der Waals surface area contributed by atoms with Gasteiger partial charge in [0.05, 0.1) is 18.0 Å². The lowest BCUT2D eigenvalue weighted by Gasteiger charge is -2.41. The summed E-state index contributed by atoms with van der Waals surface area (Å²) < 4.78 is 5.48. The molecule has 5 rings (SSSR count). The minimum atomic E-state index is -0.241. The normalized spacial score (nSPS) is 41.2. The van der Waals surface area contributed by atoms with Crippen molar-refractivity contribution in [2.24, 2.45) is 11.8 Å². The minimum absolute atomic E-state index is 0.00948. The summed E-state index contributed by atoms with van der Waals surface area (Å²) in [5, 5.41) is 6.37. The third-order valence-corrected chi connectivity index (χ3v) is 7.22. The number of piperidine rings is 1. The number of ether oxygens (including phenoxy) is 1. The molecule has 148 valence electrons. The van der Waals surface area contributed by atoms with Gasteiger partial charge in [-0.15, -0.1) is 0 Å². The zero-order valence-electron chi connectivity index (χ0n) is 15.6. The molecule has 5 fully saturated rings. The van der Waals surface area contributed by atoms with Gasteiger partial charge >= 0.3 is 6.09 Å². The van der Waals surface area contributed by atoms with Crippen LogP contribution < -0.4 is 10.6 Å². The monoisotopic (exact) mass is 376 g/mol. The van der Waals surface area contributed by atoms with Gasteiger partial charge in [0.25, 0.3) is 0 Å². The van der Waals surface area contributed by atoms with Crippen LogP contribution in [0.4, 0.5) is 4.79 Å². The lowest BCUT2D eigenvalue weighted by molar-refractivity contribution is -0.144. The Hall–Kier alpha value is -1.83. The molecule has 4 saturated heterocycles. The number of nitrogens with zero attached hydrogens (tertiary/aromatic N) is 2. The Bertz CT molecular complexity index is 656. The van der Waals surface area contributed by atoms with Crippen LogP contribution in [0.1, 0.15) is 38.5 Å². The Morgan fingerprint density at radius 1 is 1.11 bits per heavy atom. The number of amides is 3. The predicted octanol–water partition coefficient (Wildman–Crippen LogP) is 0.0748. The number of hydrogen-bond donors (Lipinski definition) is 2. The van der Waals surface area contributed by atoms with E-state index in [1.165, 1.54) is 0 Å². The van der Waals surface area contributed by atoms with Crippen molar-refractivity contribution in [2.75, 3.05) is 26.2 Å². The molecule has 4 heterocycles. The van der Waals surface area contributed by atoms with Crippen LogP contribution in [0.15, 0.2) is 0 Å². The summed E-state index contributed by atoms with van der Waals surface area (Å²) >= 11 is 0. The fraction of sp³-hybridized carbons (Fsp3) is 0.842. The average molecular weight is 376 g/mol. The highest BCUT2D eigenvalue weighted by atomic mass is 16.6. The van der Waals surface area contributed by atoms with Gasteiger partial charge < -0.3 is 20.3 Å². The number of hydrogen-bond acceptors (Lipinski definition) is 5. The molecule has 6 atom stereocenters. The highest BCUT2D eigenvalue weighted by Gasteiger charge is 2.50. The van der Waals surface area contributed by atoms with Crippen molar-refractivity contribution in [2.45, 2.75) is 62.8 Å². The highest BCUT2D eigenvalue weighted by molar-refractivity contribution is 5.88. The van der Waals surface area contributed by atoms with Crippen LogP contribution in [-0.4, -0.2) is 78.1 Å². The third kappa shape index (κ3) is 2.88. The van der Waals surface area contributed by atoms with E-state index in [0.29, 0.717) is 26.1 Å². The third-order valence-electron chi connectivity index (χ3n) is 7.22. The zero-order valence-corrected chi connectivity index (χ0v) is 15.6. The topological polar surface area (TPSA) is 91.0 Å². The van der Waals surface area contributed by atoms with E-state index in [4.69, 9.17) is 4.74 Å². The highest BCUT2D eigenvalue weighted by Crippen LogP contribution is 2.37. The number of carbonyl (C=O) groups is 3. The molecular weight excluding hydrogens is 348 g/mol. The van der Waals surface area contributed by atoms with Crippen molar-refractivity contribution in [3.8, 4) is 0 Å². The van der Waals surface area contributed by atoms with Crippen LogP contribution in [0.5, 0.6) is 0 Å². The zero-order chi connectivity index (χ0) is 18.5. The summed E-state index contributed by atoms with van der Waals surface area (Å²) in [6, 6.07) is 0.267. The first kappa shape index (κ1) is 17.3. The number of nitrogens with one attached hydrogen (secondary N) is 2. The standard InChI is InChI=1S/C19H28N4O4/c24-17-7-13(12-3-1-2-4-14(12)21-17)18(25)22-6-5-11(10-22)23-15-8-20-9-16(15)27-19(23)26/h11-16,20H,1-10H2,(H,21,24)/t11?,12?,13?,14?,15-,16+/m1/s1. The van der Waals surface area contributed by atoms with E-state index in [1.54, 1.807) is 0 Å². The Kier molecular flexibility index (Phi) is 4.26. The van der Waals surface area contributed by atoms with Crippen LogP contribution in [-0.2, 0) is 14.3 Å². The Labute approximate surface area is 158 Å². The second kappa shape index (κ2) is 6.65. The molecular formula is C19H28N4O4. The molecule has 1 saturated carbocycles. The molecule has 0 aromatic rings. The first-order valence-corrected chi connectivity index (χ1v) is 10.4. The van der Waals surface area contributed by atoms with Gasteiger partial charge in [0, 0.05) is 38.6 Å². The summed E-state index contributed by atoms with van der Waals surface area (Å²) in [4.78, 5) is 41.5. The first-order valence-electron chi connectivity index (χ1n) is 10.4. The summed E-state index contributed by atoms with van der Waals surface area (Å²) in [6.07, 6.45) is 5.06. The Morgan fingerprint density at radius 3 is 2.85 bits per heavy atom. The summed E-state index contributed by atoms with van der Waals surface area (Å²) in [5.74, 6) is 0.186. The molecule has 0 aromatic carbocycles. The lowest BCUT2D eigenvalue weighted by atomic mass is 9.72. The maximum Gasteiger partial charge on any atom is 0.410 e. The average Bonchev–Trinajstić information content (AvgIpc) is 3.36. The van der Waals surface area contributed by atoms with E-state index >= 15 is 0 Å². The second-order valence-corrected chi connectivity index (χ2v) is 8.71. The van der Waals surface area contributed by atoms with Gasteiger partial charge in [-0.05, 0) is 25.2 Å². The van der Waals surface area contributed by atoms with Crippen LogP contribution in [0, 0.1) is 11.8 Å². The molecule has 8 heteroatoms. The molecule has 0 radical (unpaired) electrons. The lowest BCUT2D eigenvalue weighted by Crippen LogP contribution is -2.55. The van der Waals surface area contributed by atoms with Gasteiger partial charge in [0.2, 0.25) is 11.8 Å². The minimum Gasteiger partial charge on any atom is -0.442 e. The van der Waals surface area contributed by atoms with Gasteiger partial charge in [0.1, 0.15) is 6.10 Å². The summed E-state index contributed by atoms with van der Waals surface area (Å²) in [7, 11) is 0. The fourth-order valence-electron chi connectivity index (χ4n) is 5.90. The molecule has 8 nitrogen and oxygen atoms in total. The van der Waals surface area contributed by atoms with E-state index in [1.807, 2.05) is 9.80 Å². The largest absolute Gasteiger partial charge is 0.442 e. The molecule has 27 heavy (non-hydrogen) atoms. The maximum absolute atomic E-state index is 13.3. The Balaban J connectivity index is 1.27. The van der Waals surface area contributed by atoms with Gasteiger partial charge in [0.15, 0.2) is 0 Å². The van der Waals surface area contributed by atoms with E-state index in [0.717, 1.165) is 38.6 Å². The fourth-order valence-corrected chi connectivity index (χ4v) is 5.90. The molecule has 2 N–H and O–H groups in total. The molecule has 1 aliphatic carbocycles. The summed E-state index contributed by atoms with van der Waals surface area (Å²) in [6.45, 7) is 2.69. The quantitative estimate of drug-likeness (QED) is 0.712. The number of carbonyl (C=O) groups excluding carboxylic acids is 3. The number of likely N-dealkylation sites (tertiary alicyclic amines) is 1. The predicted molar refractivity (Wildman–Crippen MR) is 95.7 cm³/mol. The van der Waals surface area contributed by atoms with Gasteiger partial charge in [-0.3, -0.25) is 14.5 Å². The summed E-state index contributed by atoms with van der Waals surface area (Å²) in [5.41, 5.74) is 0. The van der Waals surface area contributed by atoms with Gasteiger partial charge in [-0.2, -0.15) is 0 Å². The molecule has 0 bridgehead atoms. The van der Waals surface area contributed by atoms with Crippen molar-refractivity contribution in [3.63, 3.8) is 0 Å². The van der Waals surface area contributed by atoms with E-state index in [9.17, 15) is 14.4 Å². The molecule has 3 amide bonds. The van der Waals surface area contributed by atoms with Gasteiger partial charge in [-0.1, -0.05) is 12.8 Å².